The molecular formula is C33H32ClF6N5O6. The second-order valence-electron chi connectivity index (χ2n) is 11.2. The van der Waals surface area contributed by atoms with Crippen LogP contribution in [0.1, 0.15) is 24.5 Å². The van der Waals surface area contributed by atoms with Gasteiger partial charge >= 0.3 is 24.3 Å². The lowest BCUT2D eigenvalue weighted by Gasteiger charge is -2.17. The van der Waals surface area contributed by atoms with Crippen molar-refractivity contribution in [2.75, 3.05) is 6.54 Å². The summed E-state index contributed by atoms with van der Waals surface area (Å²) in [5, 5.41) is 24.7. The molecule has 18 heteroatoms. The molecule has 2 aromatic carbocycles. The second-order valence-corrected chi connectivity index (χ2v) is 11.6. The number of aromatic amines is 1. The van der Waals surface area contributed by atoms with Crippen molar-refractivity contribution in [1.29, 1.82) is 0 Å². The molecule has 3 atom stereocenters. The van der Waals surface area contributed by atoms with Crippen LogP contribution in [-0.2, 0) is 32.1 Å². The number of carbonyl (C=O) groups excluding carboxylic acids is 2. The standard InChI is InChI=1S/C29H30ClN5O2.2C2HF3O2/c1-18(28(36)34-16-20-12-24-25(30)17-33-27(24)32-15-20)35-29(37)26-13-19(14-31-26)11-22-9-5-6-10-23(22)21-7-3-2-4-8-21;2*3-2(4,5)1(6)7/h2-10,12,15,17-19,26,31H,11,13-14,16H2,1H3,(H,32,33)(H,34,36)(H,35,37);2*(H,6,7)/t18-,19-,26+;;/m0../s1. The molecule has 6 N–H and O–H groups in total. The number of benzene rings is 2. The van der Waals surface area contributed by atoms with E-state index in [-0.39, 0.29) is 17.9 Å². The maximum Gasteiger partial charge on any atom is 0.490 e. The molecule has 0 saturated carbocycles. The second kappa shape index (κ2) is 17.7. The van der Waals surface area contributed by atoms with E-state index < -0.39 is 30.3 Å². The summed E-state index contributed by atoms with van der Waals surface area (Å²) in [6.07, 6.45) is -5.17. The number of hydrogen-bond donors (Lipinski definition) is 6. The molecule has 0 spiro atoms. The van der Waals surface area contributed by atoms with Crippen LogP contribution in [-0.4, -0.2) is 74.9 Å². The van der Waals surface area contributed by atoms with Gasteiger partial charge in [0.25, 0.3) is 0 Å². The number of aromatic nitrogens is 2. The summed E-state index contributed by atoms with van der Waals surface area (Å²) in [4.78, 5) is 50.6. The van der Waals surface area contributed by atoms with Gasteiger partial charge in [0.1, 0.15) is 11.7 Å². The Kier molecular flexibility index (Phi) is 14.0. The first-order valence-corrected chi connectivity index (χ1v) is 15.4. The average Bonchev–Trinajstić information content (AvgIpc) is 3.70. The number of aliphatic carboxylic acids is 2. The Morgan fingerprint density at radius 3 is 2.16 bits per heavy atom. The minimum atomic E-state index is -5.08. The summed E-state index contributed by atoms with van der Waals surface area (Å²) in [7, 11) is 0. The van der Waals surface area contributed by atoms with E-state index in [4.69, 9.17) is 31.4 Å². The Morgan fingerprint density at radius 2 is 1.55 bits per heavy atom. The zero-order valence-electron chi connectivity index (χ0n) is 26.6. The normalized spacial score (nSPS) is 16.2. The predicted molar refractivity (Wildman–Crippen MR) is 173 cm³/mol. The smallest absolute Gasteiger partial charge is 0.475 e. The molecule has 2 amide bonds. The molecule has 1 saturated heterocycles. The highest BCUT2D eigenvalue weighted by Gasteiger charge is 2.39. The average molecular weight is 744 g/mol. The Balaban J connectivity index is 0.000000424. The number of carboxylic acids is 2. The van der Waals surface area contributed by atoms with E-state index in [0.717, 1.165) is 30.3 Å². The molecular weight excluding hydrogens is 712 g/mol. The minimum absolute atomic E-state index is 0.149. The Morgan fingerprint density at radius 1 is 0.961 bits per heavy atom. The third-order valence-corrected chi connectivity index (χ3v) is 7.70. The van der Waals surface area contributed by atoms with E-state index in [0.29, 0.717) is 23.1 Å². The number of amides is 2. The molecule has 11 nitrogen and oxygen atoms in total. The summed E-state index contributed by atoms with van der Waals surface area (Å²) >= 11 is 6.16. The van der Waals surface area contributed by atoms with Crippen molar-refractivity contribution < 1.29 is 55.7 Å². The van der Waals surface area contributed by atoms with E-state index in [2.05, 4.69) is 62.3 Å². The first kappa shape index (κ1) is 40.3. The van der Waals surface area contributed by atoms with Crippen LogP contribution in [0.15, 0.2) is 73.1 Å². The van der Waals surface area contributed by atoms with Gasteiger partial charge < -0.3 is 31.1 Å². The molecule has 0 radical (unpaired) electrons. The number of nitrogens with zero attached hydrogens (tertiary/aromatic N) is 1. The van der Waals surface area contributed by atoms with Gasteiger partial charge in [0.2, 0.25) is 11.8 Å². The van der Waals surface area contributed by atoms with Crippen LogP contribution < -0.4 is 16.0 Å². The van der Waals surface area contributed by atoms with Crippen LogP contribution >= 0.6 is 11.6 Å². The van der Waals surface area contributed by atoms with Crippen LogP contribution in [0.25, 0.3) is 22.2 Å². The molecule has 51 heavy (non-hydrogen) atoms. The Labute approximate surface area is 291 Å². The molecule has 2 aromatic heterocycles. The van der Waals surface area contributed by atoms with Crippen molar-refractivity contribution in [3.63, 3.8) is 0 Å². The molecule has 0 aliphatic carbocycles. The molecule has 0 bridgehead atoms. The molecule has 5 rings (SSSR count). The number of nitrogens with one attached hydrogen (secondary N) is 4. The van der Waals surface area contributed by atoms with E-state index in [1.807, 2.05) is 24.3 Å². The van der Waals surface area contributed by atoms with Gasteiger partial charge in [-0.15, -0.1) is 0 Å². The monoisotopic (exact) mass is 743 g/mol. The largest absolute Gasteiger partial charge is 0.490 e. The molecule has 3 heterocycles. The van der Waals surface area contributed by atoms with Gasteiger partial charge in [0.15, 0.2) is 0 Å². The van der Waals surface area contributed by atoms with Crippen molar-refractivity contribution in [3.05, 3.63) is 89.2 Å². The molecule has 274 valence electrons. The first-order valence-electron chi connectivity index (χ1n) is 15.0. The van der Waals surface area contributed by atoms with Crippen LogP contribution in [0.5, 0.6) is 0 Å². The van der Waals surface area contributed by atoms with E-state index in [1.165, 1.54) is 16.7 Å². The number of carboxylic acid groups (broad SMARTS) is 2. The van der Waals surface area contributed by atoms with Gasteiger partial charge in [0.05, 0.1) is 11.1 Å². The fourth-order valence-corrected chi connectivity index (χ4v) is 5.10. The van der Waals surface area contributed by atoms with Crippen molar-refractivity contribution in [2.45, 2.75) is 50.7 Å². The lowest BCUT2D eigenvalue weighted by molar-refractivity contribution is -0.193. The molecule has 4 aromatic rings. The number of pyridine rings is 1. The van der Waals surface area contributed by atoms with Gasteiger partial charge in [-0.05, 0) is 60.5 Å². The lowest BCUT2D eigenvalue weighted by atomic mass is 9.91. The third kappa shape index (κ3) is 12.3. The quantitative estimate of drug-likeness (QED) is 0.129. The number of carbonyl (C=O) groups is 4. The number of H-pyrrole nitrogens is 1. The number of rotatable bonds is 8. The van der Waals surface area contributed by atoms with Crippen LogP contribution in [0.2, 0.25) is 5.02 Å². The van der Waals surface area contributed by atoms with Crippen LogP contribution in [0.4, 0.5) is 26.3 Å². The van der Waals surface area contributed by atoms with E-state index in [1.54, 1.807) is 19.3 Å². The third-order valence-electron chi connectivity index (χ3n) is 7.39. The summed E-state index contributed by atoms with van der Waals surface area (Å²) in [5.74, 6) is -5.57. The lowest BCUT2D eigenvalue weighted by Crippen LogP contribution is -2.49. The highest BCUT2D eigenvalue weighted by molar-refractivity contribution is 6.35. The van der Waals surface area contributed by atoms with E-state index >= 15 is 0 Å². The van der Waals surface area contributed by atoms with Gasteiger partial charge in [-0.2, -0.15) is 26.3 Å². The Bertz CT molecular complexity index is 1800. The van der Waals surface area contributed by atoms with Gasteiger partial charge in [0, 0.05) is 24.3 Å². The fourth-order valence-electron chi connectivity index (χ4n) is 4.91. The summed E-state index contributed by atoms with van der Waals surface area (Å²) in [6, 6.07) is 19.7. The number of alkyl halides is 6. The maximum absolute atomic E-state index is 12.9. The van der Waals surface area contributed by atoms with Gasteiger partial charge in [-0.25, -0.2) is 14.6 Å². The first-order chi connectivity index (χ1) is 23.9. The SMILES string of the molecule is C[C@H](NC(=O)[C@H]1C[C@H](Cc2ccccc2-c2ccccc2)CN1)C(=O)NCc1cnc2[nH]cc(Cl)c2c1.O=C(O)C(F)(F)F.O=C(O)C(F)(F)F. The number of fused-ring (bicyclic) bond motifs is 1. The summed E-state index contributed by atoms with van der Waals surface area (Å²) in [5.41, 5.74) is 5.24. The highest BCUT2D eigenvalue weighted by Crippen LogP contribution is 2.28. The van der Waals surface area contributed by atoms with Crippen LogP contribution in [0.3, 0.4) is 0 Å². The van der Waals surface area contributed by atoms with E-state index in [9.17, 15) is 35.9 Å². The zero-order chi connectivity index (χ0) is 37.9. The number of hydrogen-bond acceptors (Lipinski definition) is 6. The number of halogens is 7. The molecule has 1 aliphatic heterocycles. The molecule has 1 fully saturated rings. The minimum Gasteiger partial charge on any atom is -0.475 e. The van der Waals surface area contributed by atoms with Crippen molar-refractivity contribution in [1.82, 2.24) is 25.9 Å². The van der Waals surface area contributed by atoms with Crippen molar-refractivity contribution >= 4 is 46.4 Å². The van der Waals surface area contributed by atoms with Crippen molar-refractivity contribution in [3.8, 4) is 11.1 Å². The van der Waals surface area contributed by atoms with Crippen LogP contribution in [0, 0.1) is 5.92 Å². The molecule has 1 aliphatic rings. The van der Waals surface area contributed by atoms with Crippen molar-refractivity contribution in [2.24, 2.45) is 5.92 Å². The highest BCUT2D eigenvalue weighted by atomic mass is 35.5. The van der Waals surface area contributed by atoms with Gasteiger partial charge in [-0.1, -0.05) is 66.2 Å². The molecule has 0 unspecified atom stereocenters. The predicted octanol–water partition coefficient (Wildman–Crippen LogP) is 5.49. The zero-order valence-corrected chi connectivity index (χ0v) is 27.4. The van der Waals surface area contributed by atoms with Gasteiger partial charge in [-0.3, -0.25) is 9.59 Å². The summed E-state index contributed by atoms with van der Waals surface area (Å²) < 4.78 is 63.5. The maximum atomic E-state index is 12.9. The Hall–Kier alpha value is -5.16. The fraction of sp³-hybridized carbons (Fsp3) is 0.303. The summed E-state index contributed by atoms with van der Waals surface area (Å²) in [6.45, 7) is 2.76. The topological polar surface area (TPSA) is 174 Å².